The molecule has 0 aliphatic carbocycles. The predicted octanol–water partition coefficient (Wildman–Crippen LogP) is 1.10. The molecule has 1 saturated heterocycles. The highest BCUT2D eigenvalue weighted by molar-refractivity contribution is 5.96. The monoisotopic (exact) mass is 361 g/mol. The number of carbonyl (C=O) groups is 1. The van der Waals surface area contributed by atoms with Gasteiger partial charge in [0.05, 0.1) is 19.3 Å². The third kappa shape index (κ3) is 3.81. The molecule has 0 bridgehead atoms. The largest absolute Gasteiger partial charge is 0.501 e. The molecular weight excluding hydrogens is 341 g/mol. The molecule has 1 aromatic heterocycles. The van der Waals surface area contributed by atoms with Gasteiger partial charge in [-0.3, -0.25) is 14.2 Å². The first-order valence-corrected chi connectivity index (χ1v) is 8.36. The molecule has 0 spiro atoms. The van der Waals surface area contributed by atoms with Gasteiger partial charge in [0, 0.05) is 20.0 Å². The zero-order valence-corrected chi connectivity index (χ0v) is 14.4. The Bertz CT molecular complexity index is 858. The molecular formula is C18H20FN3O4. The zero-order valence-electron chi connectivity index (χ0n) is 14.4. The van der Waals surface area contributed by atoms with Crippen molar-refractivity contribution < 1.29 is 19.0 Å². The second-order valence-corrected chi connectivity index (χ2v) is 6.16. The van der Waals surface area contributed by atoms with E-state index in [1.807, 2.05) is 0 Å². The standard InChI is InChI=1S/C18H20FN3O4/c1-22-17(13-10-26-9-8-20-13)21-15(16(24)18(22)25)14(23)7-4-11-2-5-12(19)6-3-11/h2-3,5-6,13,20,24H,4,7-10H2,1H3. The average Bonchev–Trinajstić information content (AvgIpc) is 2.66. The molecule has 0 amide bonds. The lowest BCUT2D eigenvalue weighted by Crippen LogP contribution is -2.39. The number of hydrogen-bond donors (Lipinski definition) is 2. The van der Waals surface area contributed by atoms with Crippen molar-refractivity contribution >= 4 is 5.78 Å². The third-order valence-corrected chi connectivity index (χ3v) is 4.35. The minimum Gasteiger partial charge on any atom is -0.501 e. The number of ketones is 1. The number of hydrogen-bond acceptors (Lipinski definition) is 6. The Morgan fingerprint density at radius 3 is 2.81 bits per heavy atom. The first-order valence-electron chi connectivity index (χ1n) is 8.36. The molecule has 1 aliphatic heterocycles. The van der Waals surface area contributed by atoms with E-state index >= 15 is 0 Å². The van der Waals surface area contributed by atoms with Gasteiger partial charge >= 0.3 is 0 Å². The van der Waals surface area contributed by atoms with E-state index < -0.39 is 17.1 Å². The number of rotatable bonds is 5. The number of Topliss-reactive ketones (excluding diaryl/α,β-unsaturated/α-hetero) is 1. The van der Waals surface area contributed by atoms with E-state index in [-0.39, 0.29) is 24.0 Å². The summed E-state index contributed by atoms with van der Waals surface area (Å²) >= 11 is 0. The summed E-state index contributed by atoms with van der Waals surface area (Å²) in [4.78, 5) is 29.0. The fourth-order valence-electron chi connectivity index (χ4n) is 2.87. The van der Waals surface area contributed by atoms with E-state index in [1.165, 1.54) is 23.7 Å². The Morgan fingerprint density at radius 2 is 2.15 bits per heavy atom. The lowest BCUT2D eigenvalue weighted by atomic mass is 10.1. The van der Waals surface area contributed by atoms with Gasteiger partial charge < -0.3 is 15.2 Å². The Labute approximate surface area is 149 Å². The Kier molecular flexibility index (Phi) is 5.43. The van der Waals surface area contributed by atoms with Crippen LogP contribution in [0.5, 0.6) is 5.75 Å². The fraction of sp³-hybridized carbons (Fsp3) is 0.389. The minimum atomic E-state index is -0.674. The molecule has 2 N–H and O–H groups in total. The van der Waals surface area contributed by atoms with Crippen LogP contribution in [-0.4, -0.2) is 40.2 Å². The molecule has 1 aliphatic rings. The van der Waals surface area contributed by atoms with Crippen LogP contribution in [0.15, 0.2) is 29.1 Å². The second kappa shape index (κ2) is 7.76. The Hall–Kier alpha value is -2.58. The van der Waals surface area contributed by atoms with Crippen molar-refractivity contribution in [2.45, 2.75) is 18.9 Å². The number of halogens is 1. The number of morpholine rings is 1. The van der Waals surface area contributed by atoms with E-state index in [1.54, 1.807) is 12.1 Å². The van der Waals surface area contributed by atoms with Crippen molar-refractivity contribution in [2.24, 2.45) is 7.05 Å². The summed E-state index contributed by atoms with van der Waals surface area (Å²) < 4.78 is 19.5. The van der Waals surface area contributed by atoms with Gasteiger partial charge in [-0.1, -0.05) is 12.1 Å². The number of aromatic hydroxyl groups is 1. The summed E-state index contributed by atoms with van der Waals surface area (Å²) in [6, 6.07) is 5.50. The topological polar surface area (TPSA) is 93.4 Å². The second-order valence-electron chi connectivity index (χ2n) is 6.16. The molecule has 26 heavy (non-hydrogen) atoms. The van der Waals surface area contributed by atoms with E-state index in [0.29, 0.717) is 32.0 Å². The number of ether oxygens (including phenoxy) is 1. The first-order chi connectivity index (χ1) is 12.5. The van der Waals surface area contributed by atoms with Crippen molar-refractivity contribution in [3.8, 4) is 5.75 Å². The maximum Gasteiger partial charge on any atom is 0.296 e. The lowest BCUT2D eigenvalue weighted by Gasteiger charge is -2.25. The molecule has 8 heteroatoms. The van der Waals surface area contributed by atoms with Gasteiger partial charge in [0.25, 0.3) is 5.56 Å². The fourth-order valence-corrected chi connectivity index (χ4v) is 2.87. The van der Waals surface area contributed by atoms with Gasteiger partial charge in [0.1, 0.15) is 11.6 Å². The quantitative estimate of drug-likeness (QED) is 0.775. The average molecular weight is 361 g/mol. The molecule has 2 heterocycles. The van der Waals surface area contributed by atoms with Gasteiger partial charge in [-0.15, -0.1) is 0 Å². The maximum atomic E-state index is 12.9. The molecule has 1 fully saturated rings. The predicted molar refractivity (Wildman–Crippen MR) is 91.8 cm³/mol. The lowest BCUT2D eigenvalue weighted by molar-refractivity contribution is 0.0725. The van der Waals surface area contributed by atoms with Crippen LogP contribution >= 0.6 is 0 Å². The smallest absolute Gasteiger partial charge is 0.296 e. The van der Waals surface area contributed by atoms with Crippen LogP contribution in [0, 0.1) is 5.82 Å². The van der Waals surface area contributed by atoms with Crippen molar-refractivity contribution in [3.63, 3.8) is 0 Å². The highest BCUT2D eigenvalue weighted by atomic mass is 19.1. The summed E-state index contributed by atoms with van der Waals surface area (Å²) in [5.41, 5.74) is -0.129. The van der Waals surface area contributed by atoms with Crippen molar-refractivity contribution in [3.05, 3.63) is 57.5 Å². The highest BCUT2D eigenvalue weighted by Crippen LogP contribution is 2.18. The summed E-state index contributed by atoms with van der Waals surface area (Å²) in [6.07, 6.45) is 0.406. The molecule has 0 radical (unpaired) electrons. The molecule has 1 aromatic carbocycles. The van der Waals surface area contributed by atoms with E-state index in [9.17, 15) is 19.1 Å². The van der Waals surface area contributed by atoms with E-state index in [4.69, 9.17) is 4.74 Å². The SMILES string of the molecule is Cn1c(C2COCCN2)nc(C(=O)CCc2ccc(F)cc2)c(O)c1=O. The molecule has 7 nitrogen and oxygen atoms in total. The van der Waals surface area contributed by atoms with Crippen molar-refractivity contribution in [1.82, 2.24) is 14.9 Å². The van der Waals surface area contributed by atoms with Crippen molar-refractivity contribution in [1.29, 1.82) is 0 Å². The third-order valence-electron chi connectivity index (χ3n) is 4.35. The molecule has 0 saturated carbocycles. The van der Waals surface area contributed by atoms with Crippen LogP contribution in [0.1, 0.15) is 34.3 Å². The maximum absolute atomic E-state index is 12.9. The van der Waals surface area contributed by atoms with Crippen LogP contribution in [0.25, 0.3) is 0 Å². The van der Waals surface area contributed by atoms with E-state index in [0.717, 1.165) is 5.56 Å². The number of nitrogens with one attached hydrogen (secondary N) is 1. The number of carbonyl (C=O) groups excluding carboxylic acids is 1. The normalized spacial score (nSPS) is 17.2. The van der Waals surface area contributed by atoms with Crippen LogP contribution in [0.3, 0.4) is 0 Å². The number of nitrogens with zero attached hydrogens (tertiary/aromatic N) is 2. The molecule has 3 rings (SSSR count). The van der Waals surface area contributed by atoms with Gasteiger partial charge in [0.2, 0.25) is 5.75 Å². The van der Waals surface area contributed by atoms with Gasteiger partial charge in [0.15, 0.2) is 11.5 Å². The zero-order chi connectivity index (χ0) is 18.7. The highest BCUT2D eigenvalue weighted by Gasteiger charge is 2.25. The number of benzene rings is 1. The first kappa shape index (κ1) is 18.2. The Morgan fingerprint density at radius 1 is 1.42 bits per heavy atom. The molecule has 2 aromatic rings. The van der Waals surface area contributed by atoms with Crippen LogP contribution in [0.2, 0.25) is 0 Å². The van der Waals surface area contributed by atoms with Crippen LogP contribution < -0.4 is 10.9 Å². The summed E-state index contributed by atoms with van der Waals surface area (Å²) in [5.74, 6) is -1.10. The van der Waals surface area contributed by atoms with Crippen LogP contribution in [0.4, 0.5) is 4.39 Å². The summed E-state index contributed by atoms with van der Waals surface area (Å²) in [6.45, 7) is 1.50. The van der Waals surface area contributed by atoms with Gasteiger partial charge in [-0.2, -0.15) is 0 Å². The minimum absolute atomic E-state index is 0.0490. The van der Waals surface area contributed by atoms with Gasteiger partial charge in [-0.05, 0) is 24.1 Å². The van der Waals surface area contributed by atoms with Crippen LogP contribution in [-0.2, 0) is 18.2 Å². The number of aryl methyl sites for hydroxylation is 1. The van der Waals surface area contributed by atoms with Crippen molar-refractivity contribution in [2.75, 3.05) is 19.8 Å². The van der Waals surface area contributed by atoms with Gasteiger partial charge in [-0.25, -0.2) is 9.37 Å². The number of aromatic nitrogens is 2. The molecule has 1 unspecified atom stereocenters. The molecule has 1 atom stereocenters. The summed E-state index contributed by atoms with van der Waals surface area (Å²) in [5, 5.41) is 13.3. The summed E-state index contributed by atoms with van der Waals surface area (Å²) in [7, 11) is 1.49. The van der Waals surface area contributed by atoms with E-state index in [2.05, 4.69) is 10.3 Å². The molecule has 138 valence electrons. The Balaban J connectivity index is 1.83.